The van der Waals surface area contributed by atoms with Crippen LogP contribution in [0.1, 0.15) is 181 Å². The van der Waals surface area contributed by atoms with Crippen molar-refractivity contribution in [2.75, 3.05) is 26.2 Å². The molecular weight excluding hydrogens is 750 g/mol. The van der Waals surface area contributed by atoms with E-state index in [-0.39, 0.29) is 24.2 Å². The Morgan fingerprint density at radius 1 is 0.386 bits per heavy atom. The quantitative estimate of drug-likeness (QED) is 0.0554. The van der Waals surface area contributed by atoms with Crippen LogP contribution in [-0.4, -0.2) is 72.0 Å². The van der Waals surface area contributed by atoms with Crippen molar-refractivity contribution in [3.8, 4) is 0 Å². The zero-order chi connectivity index (χ0) is 41.6. The van der Waals surface area contributed by atoms with Crippen LogP contribution in [0.5, 0.6) is 0 Å². The van der Waals surface area contributed by atoms with E-state index in [4.69, 9.17) is 11.5 Å². The van der Waals surface area contributed by atoms with E-state index in [1.807, 2.05) is 0 Å². The molecule has 2 aliphatic rings. The third kappa shape index (κ3) is 10.8. The lowest BCUT2D eigenvalue weighted by atomic mass is 9.71. The number of imide groups is 2. The predicted molar refractivity (Wildman–Crippen MR) is 207 cm³/mol. The van der Waals surface area contributed by atoms with Crippen molar-refractivity contribution in [1.82, 2.24) is 9.80 Å². The van der Waals surface area contributed by atoms with E-state index in [0.717, 1.165) is 125 Å². The van der Waals surface area contributed by atoms with E-state index in [9.17, 15) is 19.2 Å². The molecule has 57 heavy (non-hydrogen) atoms. The summed E-state index contributed by atoms with van der Waals surface area (Å²) in [6, 6.07) is 3.80. The summed E-state index contributed by atoms with van der Waals surface area (Å²) in [4.78, 5) is 54.8. The molecule has 316 valence electrons. The van der Waals surface area contributed by atoms with Gasteiger partial charge in [-0.25, -0.2) is 0 Å². The Kier molecular flexibility index (Phi) is 17.1. The molecule has 4 N–H and O–H groups in total. The Bertz CT molecular complexity index is 1560. The molecule has 2 aromatic rings. The van der Waals surface area contributed by atoms with Crippen LogP contribution in [0.2, 0.25) is 0 Å². The zero-order valence-electron chi connectivity index (χ0n) is 32.9. The molecule has 0 aromatic heterocycles. The lowest BCUT2D eigenvalue weighted by Crippen LogP contribution is -2.55. The summed E-state index contributed by atoms with van der Waals surface area (Å²) in [5.41, 5.74) is 2.03. The molecule has 4 amide bonds. The van der Waals surface area contributed by atoms with Crippen molar-refractivity contribution in [3.63, 3.8) is 0 Å². The van der Waals surface area contributed by atoms with Gasteiger partial charge in [0.2, 0.25) is 5.41 Å². The third-order valence-electron chi connectivity index (χ3n) is 11.3. The third-order valence-corrected chi connectivity index (χ3v) is 11.3. The summed E-state index contributed by atoms with van der Waals surface area (Å²) in [6.45, 7) is 1.35. The second-order valence-electron chi connectivity index (χ2n) is 15.4. The van der Waals surface area contributed by atoms with Crippen molar-refractivity contribution < 1.29 is 45.5 Å². The van der Waals surface area contributed by atoms with E-state index in [2.05, 4.69) is 0 Å². The number of halogens is 6. The van der Waals surface area contributed by atoms with Crippen LogP contribution in [-0.2, 0) is 5.41 Å². The predicted octanol–water partition coefficient (Wildman–Crippen LogP) is 10.0. The second kappa shape index (κ2) is 21.3. The Balaban J connectivity index is 1.44. The fourth-order valence-electron chi connectivity index (χ4n) is 8.09. The van der Waals surface area contributed by atoms with Gasteiger partial charge in [0, 0.05) is 13.1 Å². The van der Waals surface area contributed by atoms with Gasteiger partial charge in [-0.05, 0) is 74.2 Å². The van der Waals surface area contributed by atoms with Crippen LogP contribution >= 0.6 is 0 Å². The van der Waals surface area contributed by atoms with Gasteiger partial charge in [0.05, 0.1) is 22.3 Å². The average molecular weight is 809 g/mol. The van der Waals surface area contributed by atoms with Gasteiger partial charge in [-0.3, -0.25) is 29.0 Å². The van der Waals surface area contributed by atoms with Crippen LogP contribution in [0.25, 0.3) is 0 Å². The maximum absolute atomic E-state index is 15.2. The molecule has 0 saturated heterocycles. The summed E-state index contributed by atoms with van der Waals surface area (Å²) in [7, 11) is 0. The van der Waals surface area contributed by atoms with E-state index >= 15 is 26.3 Å². The number of alkyl halides is 6. The fourth-order valence-corrected chi connectivity index (χ4v) is 8.09. The maximum Gasteiger partial charge on any atom is 0.411 e. The standard InChI is InChI=1S/C43H58F6N4O4/c44-42(45,46)41(43(47,48)49,31-21-23-33-35(29-31)39(56)52(37(33)54)27-19-15-11-7-3-1-5-9-13-17-25-50)32-22-24-34-36(30-32)40(57)53(38(34)55)28-20-16-12-8-4-2-6-10-14-18-26-51/h21-24,29-30H,1-20,25-28,50-51H2. The van der Waals surface area contributed by atoms with Crippen LogP contribution in [0.15, 0.2) is 36.4 Å². The Labute approximate surface area is 332 Å². The maximum atomic E-state index is 15.2. The minimum atomic E-state index is -6.01. The first kappa shape index (κ1) is 45.9. The molecule has 0 aliphatic carbocycles. The van der Waals surface area contributed by atoms with Gasteiger partial charge in [-0.15, -0.1) is 0 Å². The number of fused-ring (bicyclic) bond motifs is 2. The molecule has 0 unspecified atom stereocenters. The number of nitrogens with two attached hydrogens (primary N) is 2. The number of hydrogen-bond donors (Lipinski definition) is 2. The van der Waals surface area contributed by atoms with Gasteiger partial charge in [-0.2, -0.15) is 26.3 Å². The topological polar surface area (TPSA) is 127 Å². The number of rotatable bonds is 26. The zero-order valence-corrected chi connectivity index (χ0v) is 32.9. The molecule has 0 radical (unpaired) electrons. The number of carbonyl (C=O) groups is 4. The van der Waals surface area contributed by atoms with Gasteiger partial charge in [-0.1, -0.05) is 115 Å². The van der Waals surface area contributed by atoms with E-state index in [0.29, 0.717) is 63.0 Å². The number of hydrogen-bond acceptors (Lipinski definition) is 6. The summed E-state index contributed by atoms with van der Waals surface area (Å²) >= 11 is 0. The lowest BCUT2D eigenvalue weighted by molar-refractivity contribution is -0.288. The highest BCUT2D eigenvalue weighted by Gasteiger charge is 2.73. The molecule has 2 heterocycles. The Hall–Kier alpha value is -3.78. The SMILES string of the molecule is NCCCCCCCCCCCCN1C(=O)c2ccc(C(c3ccc4c(c3)C(=O)N(CCCCCCCCCCCCN)C4=O)(C(F)(F)F)C(F)(F)F)cc2C1=O. The second-order valence-corrected chi connectivity index (χ2v) is 15.4. The molecular formula is C43H58F6N4O4. The highest BCUT2D eigenvalue weighted by molar-refractivity contribution is 6.22. The van der Waals surface area contributed by atoms with E-state index < -0.39 is 63.7 Å². The molecule has 0 fully saturated rings. The molecule has 0 bridgehead atoms. The minimum Gasteiger partial charge on any atom is -0.330 e. The lowest BCUT2D eigenvalue weighted by Gasteiger charge is -2.38. The molecule has 14 heteroatoms. The fraction of sp³-hybridized carbons (Fsp3) is 0.628. The molecule has 4 rings (SSSR count). The van der Waals surface area contributed by atoms with Crippen LogP contribution in [0.4, 0.5) is 26.3 Å². The van der Waals surface area contributed by atoms with E-state index in [1.165, 1.54) is 0 Å². The normalized spacial score (nSPS) is 14.7. The number of unbranched alkanes of at least 4 members (excludes halogenated alkanes) is 18. The van der Waals surface area contributed by atoms with Gasteiger partial charge < -0.3 is 11.5 Å². The Morgan fingerprint density at radius 2 is 0.649 bits per heavy atom. The smallest absolute Gasteiger partial charge is 0.330 e. The number of carbonyl (C=O) groups excluding carboxylic acids is 4. The average Bonchev–Trinajstić information content (AvgIpc) is 3.54. The van der Waals surface area contributed by atoms with Crippen LogP contribution < -0.4 is 11.5 Å². The summed E-state index contributed by atoms with van der Waals surface area (Å²) in [5, 5.41) is 0. The molecule has 2 aliphatic heterocycles. The summed E-state index contributed by atoms with van der Waals surface area (Å²) < 4.78 is 91.0. The monoisotopic (exact) mass is 808 g/mol. The van der Waals surface area contributed by atoms with Crippen molar-refractivity contribution in [3.05, 3.63) is 69.8 Å². The first-order valence-electron chi connectivity index (χ1n) is 20.8. The first-order valence-corrected chi connectivity index (χ1v) is 20.8. The molecule has 0 spiro atoms. The van der Waals surface area contributed by atoms with Crippen LogP contribution in [0, 0.1) is 0 Å². The van der Waals surface area contributed by atoms with Gasteiger partial charge >= 0.3 is 12.4 Å². The largest absolute Gasteiger partial charge is 0.411 e. The molecule has 0 saturated carbocycles. The van der Waals surface area contributed by atoms with Gasteiger partial charge in [0.15, 0.2) is 0 Å². The van der Waals surface area contributed by atoms with Gasteiger partial charge in [0.25, 0.3) is 23.6 Å². The highest BCUT2D eigenvalue weighted by Crippen LogP contribution is 2.57. The van der Waals surface area contributed by atoms with Crippen LogP contribution in [0.3, 0.4) is 0 Å². The molecule has 2 aromatic carbocycles. The van der Waals surface area contributed by atoms with Crippen molar-refractivity contribution in [1.29, 1.82) is 0 Å². The first-order chi connectivity index (χ1) is 27.2. The highest BCUT2D eigenvalue weighted by atomic mass is 19.4. The summed E-state index contributed by atoms with van der Waals surface area (Å²) in [6.07, 6.45) is 6.97. The van der Waals surface area contributed by atoms with Gasteiger partial charge in [0.1, 0.15) is 0 Å². The summed E-state index contributed by atoms with van der Waals surface area (Å²) in [5.74, 6) is -3.48. The van der Waals surface area contributed by atoms with E-state index in [1.54, 1.807) is 0 Å². The minimum absolute atomic E-state index is 0.0160. The molecule has 0 atom stereocenters. The van der Waals surface area contributed by atoms with Crippen molar-refractivity contribution in [2.24, 2.45) is 11.5 Å². The molecule has 8 nitrogen and oxygen atoms in total. The van der Waals surface area contributed by atoms with Crippen molar-refractivity contribution in [2.45, 2.75) is 146 Å². The number of benzene rings is 2. The van der Waals surface area contributed by atoms with Crippen molar-refractivity contribution >= 4 is 23.6 Å². The number of amides is 4. The number of nitrogens with zero attached hydrogens (tertiary/aromatic N) is 2. The Morgan fingerprint density at radius 3 is 0.930 bits per heavy atom.